The van der Waals surface area contributed by atoms with Gasteiger partial charge in [0.05, 0.1) is 5.75 Å². The van der Waals surface area contributed by atoms with Gasteiger partial charge in [0.1, 0.15) is 5.82 Å². The van der Waals surface area contributed by atoms with Crippen molar-refractivity contribution in [2.24, 2.45) is 5.92 Å². The summed E-state index contributed by atoms with van der Waals surface area (Å²) in [5, 5.41) is 17.4. The first-order chi connectivity index (χ1) is 9.97. The maximum atomic E-state index is 13.4. The predicted molar refractivity (Wildman–Crippen MR) is 78.6 cm³/mol. The molecule has 21 heavy (non-hydrogen) atoms. The number of carboxylic acids is 1. The summed E-state index contributed by atoms with van der Waals surface area (Å²) in [6.07, 6.45) is 0. The van der Waals surface area contributed by atoms with Crippen LogP contribution in [-0.4, -0.2) is 31.6 Å². The van der Waals surface area contributed by atoms with E-state index in [2.05, 4.69) is 10.2 Å². The fraction of sp³-hybridized carbons (Fsp3) is 0.357. The van der Waals surface area contributed by atoms with Crippen molar-refractivity contribution in [3.63, 3.8) is 0 Å². The molecule has 2 rings (SSSR count). The lowest BCUT2D eigenvalue weighted by atomic mass is 10.2. The number of hydrogen-bond donors (Lipinski definition) is 1. The van der Waals surface area contributed by atoms with E-state index in [4.69, 9.17) is 5.11 Å². The molecular weight excluding hydrogens is 293 g/mol. The van der Waals surface area contributed by atoms with Crippen molar-refractivity contribution in [2.45, 2.75) is 25.5 Å². The lowest BCUT2D eigenvalue weighted by Gasteiger charge is -2.12. The first-order valence-corrected chi connectivity index (χ1v) is 7.49. The largest absolute Gasteiger partial charge is 0.481 e. The second-order valence-corrected chi connectivity index (χ2v) is 5.95. The lowest BCUT2D eigenvalue weighted by Crippen LogP contribution is -2.09. The molecular formula is C14H16FN3O2S. The molecule has 1 aromatic heterocycles. The van der Waals surface area contributed by atoms with Crippen molar-refractivity contribution in [3.8, 4) is 11.4 Å². The maximum absolute atomic E-state index is 13.4. The molecule has 1 aromatic carbocycles. The number of thioether (sulfide) groups is 1. The number of benzene rings is 1. The second kappa shape index (κ2) is 6.71. The Hall–Kier alpha value is -1.89. The van der Waals surface area contributed by atoms with Crippen LogP contribution < -0.4 is 0 Å². The molecule has 1 N–H and O–H groups in total. The SMILES string of the molecule is CC(C)Cn1c(SCC(=O)O)nnc1-c1cccc(F)c1. The lowest BCUT2D eigenvalue weighted by molar-refractivity contribution is -0.133. The number of carbonyl (C=O) groups is 1. The molecule has 0 fully saturated rings. The molecule has 1 heterocycles. The Bertz CT molecular complexity index is 643. The molecule has 0 aliphatic rings. The number of halogens is 1. The number of aliphatic carboxylic acids is 1. The molecule has 0 aliphatic carbocycles. The molecule has 0 radical (unpaired) electrons. The van der Waals surface area contributed by atoms with Gasteiger partial charge < -0.3 is 9.67 Å². The van der Waals surface area contributed by atoms with Gasteiger partial charge in [-0.2, -0.15) is 0 Å². The summed E-state index contributed by atoms with van der Waals surface area (Å²) in [4.78, 5) is 10.7. The highest BCUT2D eigenvalue weighted by Crippen LogP contribution is 2.25. The highest BCUT2D eigenvalue weighted by molar-refractivity contribution is 7.99. The third-order valence-corrected chi connectivity index (χ3v) is 3.62. The van der Waals surface area contributed by atoms with E-state index in [1.165, 1.54) is 12.1 Å². The molecule has 0 saturated carbocycles. The van der Waals surface area contributed by atoms with Crippen LogP contribution in [0.25, 0.3) is 11.4 Å². The van der Waals surface area contributed by atoms with Crippen LogP contribution in [0.2, 0.25) is 0 Å². The number of carboxylic acid groups (broad SMARTS) is 1. The Morgan fingerprint density at radius 2 is 2.19 bits per heavy atom. The van der Waals surface area contributed by atoms with Gasteiger partial charge in [-0.1, -0.05) is 37.7 Å². The van der Waals surface area contributed by atoms with E-state index in [0.29, 0.717) is 29.0 Å². The number of nitrogens with zero attached hydrogens (tertiary/aromatic N) is 3. The summed E-state index contributed by atoms with van der Waals surface area (Å²) in [5.74, 6) is -0.453. The maximum Gasteiger partial charge on any atom is 0.313 e. The Kier molecular flexibility index (Phi) is 4.95. The topological polar surface area (TPSA) is 68.0 Å². The van der Waals surface area contributed by atoms with Crippen molar-refractivity contribution in [1.82, 2.24) is 14.8 Å². The third kappa shape index (κ3) is 4.04. The van der Waals surface area contributed by atoms with Crippen LogP contribution in [0, 0.1) is 11.7 Å². The number of aromatic nitrogens is 3. The van der Waals surface area contributed by atoms with Crippen LogP contribution in [0.15, 0.2) is 29.4 Å². The molecule has 5 nitrogen and oxygen atoms in total. The van der Waals surface area contributed by atoms with Crippen molar-refractivity contribution in [3.05, 3.63) is 30.1 Å². The van der Waals surface area contributed by atoms with E-state index in [1.807, 2.05) is 18.4 Å². The van der Waals surface area contributed by atoms with Gasteiger partial charge in [-0.15, -0.1) is 10.2 Å². The van der Waals surface area contributed by atoms with Gasteiger partial charge in [-0.3, -0.25) is 4.79 Å². The minimum Gasteiger partial charge on any atom is -0.481 e. The van der Waals surface area contributed by atoms with Gasteiger partial charge in [0.25, 0.3) is 0 Å². The molecule has 112 valence electrons. The summed E-state index contributed by atoms with van der Waals surface area (Å²) in [7, 11) is 0. The summed E-state index contributed by atoms with van der Waals surface area (Å²) in [6.45, 7) is 4.72. The zero-order chi connectivity index (χ0) is 15.4. The van der Waals surface area contributed by atoms with Crippen LogP contribution in [-0.2, 0) is 11.3 Å². The summed E-state index contributed by atoms with van der Waals surface area (Å²) in [6, 6.07) is 6.14. The fourth-order valence-electron chi connectivity index (χ4n) is 1.89. The molecule has 0 saturated heterocycles. The molecule has 0 atom stereocenters. The molecule has 7 heteroatoms. The summed E-state index contributed by atoms with van der Waals surface area (Å²) < 4.78 is 15.2. The van der Waals surface area contributed by atoms with E-state index < -0.39 is 5.97 Å². The second-order valence-electron chi connectivity index (χ2n) is 5.00. The number of hydrogen-bond acceptors (Lipinski definition) is 4. The minimum atomic E-state index is -0.911. The molecule has 0 aliphatic heterocycles. The zero-order valence-electron chi connectivity index (χ0n) is 11.8. The highest BCUT2D eigenvalue weighted by Gasteiger charge is 2.16. The molecule has 2 aromatic rings. The first-order valence-electron chi connectivity index (χ1n) is 6.51. The third-order valence-electron chi connectivity index (χ3n) is 2.67. The quantitative estimate of drug-likeness (QED) is 0.831. The molecule has 0 amide bonds. The Morgan fingerprint density at radius 1 is 1.43 bits per heavy atom. The van der Waals surface area contributed by atoms with Crippen molar-refractivity contribution in [1.29, 1.82) is 0 Å². The molecule has 0 spiro atoms. The van der Waals surface area contributed by atoms with E-state index in [0.717, 1.165) is 11.8 Å². The van der Waals surface area contributed by atoms with Crippen LogP contribution in [0.4, 0.5) is 4.39 Å². The van der Waals surface area contributed by atoms with Crippen LogP contribution in [0.1, 0.15) is 13.8 Å². The zero-order valence-corrected chi connectivity index (χ0v) is 12.6. The van der Waals surface area contributed by atoms with Gasteiger partial charge in [-0.25, -0.2) is 4.39 Å². The van der Waals surface area contributed by atoms with Crippen molar-refractivity contribution in [2.75, 3.05) is 5.75 Å². The molecule has 0 unspecified atom stereocenters. The van der Waals surface area contributed by atoms with E-state index >= 15 is 0 Å². The van der Waals surface area contributed by atoms with Crippen molar-refractivity contribution >= 4 is 17.7 Å². The Labute approximate surface area is 126 Å². The smallest absolute Gasteiger partial charge is 0.313 e. The van der Waals surface area contributed by atoms with Gasteiger partial charge in [0.15, 0.2) is 11.0 Å². The van der Waals surface area contributed by atoms with Crippen LogP contribution in [0.5, 0.6) is 0 Å². The van der Waals surface area contributed by atoms with Gasteiger partial charge in [0.2, 0.25) is 0 Å². The van der Waals surface area contributed by atoms with Gasteiger partial charge in [0, 0.05) is 12.1 Å². The van der Waals surface area contributed by atoms with Crippen LogP contribution >= 0.6 is 11.8 Å². The average Bonchev–Trinajstić information content (AvgIpc) is 2.78. The summed E-state index contributed by atoms with van der Waals surface area (Å²) >= 11 is 1.11. The fourth-order valence-corrected chi connectivity index (χ4v) is 2.56. The molecule has 0 bridgehead atoms. The Balaban J connectivity index is 2.38. The average molecular weight is 309 g/mol. The number of rotatable bonds is 6. The highest BCUT2D eigenvalue weighted by atomic mass is 32.2. The van der Waals surface area contributed by atoms with Gasteiger partial charge >= 0.3 is 5.97 Å². The predicted octanol–water partition coefficient (Wildman–Crippen LogP) is 2.92. The monoisotopic (exact) mass is 309 g/mol. The van der Waals surface area contributed by atoms with Crippen LogP contribution in [0.3, 0.4) is 0 Å². The summed E-state index contributed by atoms with van der Waals surface area (Å²) in [5.41, 5.74) is 0.630. The van der Waals surface area contributed by atoms with Crippen molar-refractivity contribution < 1.29 is 14.3 Å². The van der Waals surface area contributed by atoms with E-state index in [1.54, 1.807) is 12.1 Å². The Morgan fingerprint density at radius 3 is 2.81 bits per heavy atom. The minimum absolute atomic E-state index is 0.0839. The van der Waals surface area contributed by atoms with E-state index in [9.17, 15) is 9.18 Å². The first kappa shape index (κ1) is 15.5. The standard InChI is InChI=1S/C14H16FN3O2S/c1-9(2)7-18-13(10-4-3-5-11(15)6-10)16-17-14(18)21-8-12(19)20/h3-6,9H,7-8H2,1-2H3,(H,19,20). The normalized spacial score (nSPS) is 11.0. The van der Waals surface area contributed by atoms with Gasteiger partial charge in [-0.05, 0) is 18.1 Å². The van der Waals surface area contributed by atoms with E-state index in [-0.39, 0.29) is 11.6 Å².